The predicted octanol–water partition coefficient (Wildman–Crippen LogP) is 2.66. The van der Waals surface area contributed by atoms with Crippen LogP contribution in [0.15, 0.2) is 48.5 Å². The first-order chi connectivity index (χ1) is 9.70. The van der Waals surface area contributed by atoms with Crippen molar-refractivity contribution in [2.75, 3.05) is 6.61 Å². The van der Waals surface area contributed by atoms with Gasteiger partial charge in [0.25, 0.3) is 0 Å². The first-order valence-corrected chi connectivity index (χ1v) is 6.51. The van der Waals surface area contributed by atoms with Gasteiger partial charge in [0.1, 0.15) is 11.6 Å². The van der Waals surface area contributed by atoms with Crippen molar-refractivity contribution < 1.29 is 13.9 Å². The lowest BCUT2D eigenvalue weighted by Crippen LogP contribution is -2.34. The number of hydrogen-bond acceptors (Lipinski definition) is 2. The van der Waals surface area contributed by atoms with Crippen molar-refractivity contribution in [3.63, 3.8) is 0 Å². The summed E-state index contributed by atoms with van der Waals surface area (Å²) in [5.41, 5.74) is 1.06. The van der Waals surface area contributed by atoms with Crippen LogP contribution in [0.25, 0.3) is 0 Å². The number of benzene rings is 2. The van der Waals surface area contributed by atoms with Gasteiger partial charge in [0.15, 0.2) is 0 Å². The van der Waals surface area contributed by atoms with Gasteiger partial charge in [0.05, 0.1) is 6.61 Å². The lowest BCUT2D eigenvalue weighted by molar-refractivity contribution is 0.240. The van der Waals surface area contributed by atoms with E-state index in [2.05, 4.69) is 5.32 Å². The molecule has 4 heteroatoms. The van der Waals surface area contributed by atoms with Crippen LogP contribution in [0.5, 0.6) is 0 Å². The fourth-order valence-corrected chi connectivity index (χ4v) is 2.05. The second-order valence-electron chi connectivity index (χ2n) is 4.65. The van der Waals surface area contributed by atoms with Crippen LogP contribution in [0.4, 0.5) is 8.78 Å². The van der Waals surface area contributed by atoms with E-state index in [0.29, 0.717) is 6.42 Å². The first-order valence-electron chi connectivity index (χ1n) is 6.51. The van der Waals surface area contributed by atoms with E-state index in [9.17, 15) is 13.9 Å². The molecule has 106 valence electrons. The largest absolute Gasteiger partial charge is 0.395 e. The summed E-state index contributed by atoms with van der Waals surface area (Å²) < 4.78 is 27.0. The van der Waals surface area contributed by atoms with E-state index >= 15 is 0 Å². The molecular formula is C16H17F2NO. The highest BCUT2D eigenvalue weighted by Crippen LogP contribution is 2.12. The molecule has 0 bridgehead atoms. The van der Waals surface area contributed by atoms with Crippen molar-refractivity contribution in [2.24, 2.45) is 0 Å². The summed E-state index contributed by atoms with van der Waals surface area (Å²) in [4.78, 5) is 0. The zero-order valence-electron chi connectivity index (χ0n) is 11.0. The molecule has 0 amide bonds. The molecule has 0 unspecified atom stereocenters. The smallest absolute Gasteiger partial charge is 0.130 e. The summed E-state index contributed by atoms with van der Waals surface area (Å²) in [6, 6.07) is 13.2. The van der Waals surface area contributed by atoms with E-state index in [0.717, 1.165) is 5.56 Å². The van der Waals surface area contributed by atoms with Gasteiger partial charge in [-0.3, -0.25) is 0 Å². The SMILES string of the molecule is OC[C@H](Cc1ccccc1)NCc1c(F)cccc1F. The average Bonchev–Trinajstić information content (AvgIpc) is 2.46. The average molecular weight is 277 g/mol. The van der Waals surface area contributed by atoms with E-state index in [1.165, 1.54) is 18.2 Å². The normalized spacial score (nSPS) is 12.3. The number of aliphatic hydroxyl groups excluding tert-OH is 1. The molecule has 0 saturated carbocycles. The predicted molar refractivity (Wildman–Crippen MR) is 74.2 cm³/mol. The maximum atomic E-state index is 13.5. The second-order valence-corrected chi connectivity index (χ2v) is 4.65. The Labute approximate surface area is 117 Å². The van der Waals surface area contributed by atoms with Gasteiger partial charge in [-0.15, -0.1) is 0 Å². The van der Waals surface area contributed by atoms with Crippen molar-refractivity contribution in [1.82, 2.24) is 5.32 Å². The monoisotopic (exact) mass is 277 g/mol. The van der Waals surface area contributed by atoms with Crippen molar-refractivity contribution in [2.45, 2.75) is 19.0 Å². The van der Waals surface area contributed by atoms with Crippen LogP contribution < -0.4 is 5.32 Å². The number of halogens is 2. The Morgan fingerprint density at radius 2 is 1.60 bits per heavy atom. The Kier molecular flexibility index (Phi) is 5.21. The third-order valence-corrected chi connectivity index (χ3v) is 3.17. The summed E-state index contributed by atoms with van der Waals surface area (Å²) >= 11 is 0. The second kappa shape index (κ2) is 7.12. The highest BCUT2D eigenvalue weighted by molar-refractivity contribution is 5.20. The van der Waals surface area contributed by atoms with Crippen LogP contribution >= 0.6 is 0 Å². The summed E-state index contributed by atoms with van der Waals surface area (Å²) in [5.74, 6) is -1.15. The van der Waals surface area contributed by atoms with Gasteiger partial charge in [-0.1, -0.05) is 36.4 Å². The van der Waals surface area contributed by atoms with E-state index < -0.39 is 11.6 Å². The lowest BCUT2D eigenvalue weighted by Gasteiger charge is -2.17. The molecule has 2 N–H and O–H groups in total. The third kappa shape index (κ3) is 3.85. The van der Waals surface area contributed by atoms with E-state index in [-0.39, 0.29) is 24.8 Å². The lowest BCUT2D eigenvalue weighted by atomic mass is 10.1. The molecule has 0 heterocycles. The summed E-state index contributed by atoms with van der Waals surface area (Å²) in [5, 5.41) is 12.3. The highest BCUT2D eigenvalue weighted by atomic mass is 19.1. The molecule has 0 aliphatic carbocycles. The molecule has 20 heavy (non-hydrogen) atoms. The molecule has 0 saturated heterocycles. The van der Waals surface area contributed by atoms with Gasteiger partial charge >= 0.3 is 0 Å². The minimum absolute atomic E-state index is 0.000915. The minimum atomic E-state index is -0.575. The molecule has 2 rings (SSSR count). The Morgan fingerprint density at radius 1 is 0.950 bits per heavy atom. The Morgan fingerprint density at radius 3 is 2.20 bits per heavy atom. The molecule has 0 spiro atoms. The molecule has 0 aliphatic heterocycles. The molecule has 0 fully saturated rings. The van der Waals surface area contributed by atoms with Gasteiger partial charge in [-0.05, 0) is 24.1 Å². The van der Waals surface area contributed by atoms with Crippen LogP contribution in [0.1, 0.15) is 11.1 Å². The number of nitrogens with one attached hydrogen (secondary N) is 1. The molecule has 2 aromatic carbocycles. The van der Waals surface area contributed by atoms with Crippen LogP contribution in [-0.4, -0.2) is 17.8 Å². The van der Waals surface area contributed by atoms with Crippen LogP contribution in [0.2, 0.25) is 0 Å². The zero-order valence-corrected chi connectivity index (χ0v) is 11.0. The molecule has 1 atom stereocenters. The molecule has 0 radical (unpaired) electrons. The van der Waals surface area contributed by atoms with Crippen LogP contribution in [-0.2, 0) is 13.0 Å². The van der Waals surface area contributed by atoms with Crippen molar-refractivity contribution in [3.8, 4) is 0 Å². The van der Waals surface area contributed by atoms with Gasteiger partial charge in [-0.2, -0.15) is 0 Å². The highest BCUT2D eigenvalue weighted by Gasteiger charge is 2.12. The Hall–Kier alpha value is -1.78. The third-order valence-electron chi connectivity index (χ3n) is 3.17. The number of rotatable bonds is 6. The minimum Gasteiger partial charge on any atom is -0.395 e. The molecule has 2 nitrogen and oxygen atoms in total. The van der Waals surface area contributed by atoms with Crippen molar-refractivity contribution in [3.05, 3.63) is 71.3 Å². The Bertz CT molecular complexity index is 525. The van der Waals surface area contributed by atoms with E-state index in [1.807, 2.05) is 30.3 Å². The van der Waals surface area contributed by atoms with Gasteiger partial charge in [0, 0.05) is 18.2 Å². The van der Waals surface area contributed by atoms with Gasteiger partial charge in [0.2, 0.25) is 0 Å². The molecule has 0 aliphatic rings. The molecule has 0 aromatic heterocycles. The number of aliphatic hydroxyl groups is 1. The first kappa shape index (κ1) is 14.6. The number of hydrogen-bond donors (Lipinski definition) is 2. The van der Waals surface area contributed by atoms with Crippen LogP contribution in [0.3, 0.4) is 0 Å². The van der Waals surface area contributed by atoms with Gasteiger partial charge < -0.3 is 10.4 Å². The quantitative estimate of drug-likeness (QED) is 0.851. The van der Waals surface area contributed by atoms with Gasteiger partial charge in [-0.25, -0.2) is 8.78 Å². The van der Waals surface area contributed by atoms with Crippen molar-refractivity contribution in [1.29, 1.82) is 0 Å². The molecule has 2 aromatic rings. The maximum absolute atomic E-state index is 13.5. The van der Waals surface area contributed by atoms with Crippen LogP contribution in [0, 0.1) is 11.6 Å². The summed E-state index contributed by atoms with van der Waals surface area (Å²) in [7, 11) is 0. The summed E-state index contributed by atoms with van der Waals surface area (Å²) in [6.07, 6.45) is 0.605. The van der Waals surface area contributed by atoms with E-state index in [1.54, 1.807) is 0 Å². The summed E-state index contributed by atoms with van der Waals surface area (Å²) in [6.45, 7) is -0.0401. The standard InChI is InChI=1S/C16H17F2NO/c17-15-7-4-8-16(18)14(15)10-19-13(11-20)9-12-5-2-1-3-6-12/h1-8,13,19-20H,9-11H2/t13-/m0/s1. The topological polar surface area (TPSA) is 32.3 Å². The zero-order chi connectivity index (χ0) is 14.4. The maximum Gasteiger partial charge on any atom is 0.130 e. The fourth-order valence-electron chi connectivity index (χ4n) is 2.05. The fraction of sp³-hybridized carbons (Fsp3) is 0.250. The Balaban J connectivity index is 1.97. The van der Waals surface area contributed by atoms with Crippen molar-refractivity contribution >= 4 is 0 Å². The van der Waals surface area contributed by atoms with E-state index in [4.69, 9.17) is 0 Å². The molecular weight excluding hydrogens is 260 g/mol.